The van der Waals surface area contributed by atoms with Gasteiger partial charge in [-0.15, -0.1) is 0 Å². The molecule has 0 bridgehead atoms. The Kier molecular flexibility index (Phi) is 3.76. The van der Waals surface area contributed by atoms with Gasteiger partial charge in [-0.25, -0.2) is 4.79 Å². The molecular weight excluding hydrogens is 250 g/mol. The first kappa shape index (κ1) is 13.0. The highest BCUT2D eigenvalue weighted by Crippen LogP contribution is 2.12. The summed E-state index contributed by atoms with van der Waals surface area (Å²) >= 11 is 0. The second-order valence-corrected chi connectivity index (χ2v) is 4.07. The third kappa shape index (κ3) is 3.08. The van der Waals surface area contributed by atoms with Crippen LogP contribution in [0, 0.1) is 0 Å². The predicted octanol–water partition coefficient (Wildman–Crippen LogP) is 0.128. The van der Waals surface area contributed by atoms with Crippen molar-refractivity contribution in [1.82, 2.24) is 15.5 Å². The van der Waals surface area contributed by atoms with Crippen molar-refractivity contribution in [3.8, 4) is 0 Å². The van der Waals surface area contributed by atoms with E-state index in [0.717, 1.165) is 10.9 Å². The number of H-pyrrole nitrogens is 1. The first-order valence-corrected chi connectivity index (χ1v) is 5.70. The number of carboxylic acids is 1. The van der Waals surface area contributed by atoms with Crippen LogP contribution in [0.3, 0.4) is 0 Å². The molecule has 0 saturated heterocycles. The standard InChI is InChI=1S/C12H13N3O4/c16-10(12(18)19)3-4-13-11(17)7-1-2-8-6-14-15-9(8)5-7/h1-2,5-6,10,16H,3-4H2,(H,13,17)(H,14,15)(H,18,19). The van der Waals surface area contributed by atoms with Crippen molar-refractivity contribution in [3.05, 3.63) is 30.0 Å². The summed E-state index contributed by atoms with van der Waals surface area (Å²) in [5.74, 6) is -1.62. The molecule has 4 N–H and O–H groups in total. The average Bonchev–Trinajstić information content (AvgIpc) is 2.85. The van der Waals surface area contributed by atoms with Crippen LogP contribution >= 0.6 is 0 Å². The van der Waals surface area contributed by atoms with Crippen molar-refractivity contribution in [2.75, 3.05) is 6.54 Å². The summed E-state index contributed by atoms with van der Waals surface area (Å²) in [4.78, 5) is 22.2. The molecule has 1 heterocycles. The van der Waals surface area contributed by atoms with Gasteiger partial charge < -0.3 is 15.5 Å². The number of rotatable bonds is 5. The highest BCUT2D eigenvalue weighted by atomic mass is 16.4. The average molecular weight is 263 g/mol. The summed E-state index contributed by atoms with van der Waals surface area (Å²) in [5, 5.41) is 27.6. The second kappa shape index (κ2) is 5.49. The van der Waals surface area contributed by atoms with Gasteiger partial charge in [-0.1, -0.05) is 6.07 Å². The summed E-state index contributed by atoms with van der Waals surface area (Å²) < 4.78 is 0. The van der Waals surface area contributed by atoms with E-state index < -0.39 is 12.1 Å². The van der Waals surface area contributed by atoms with Crippen LogP contribution in [0.5, 0.6) is 0 Å². The molecule has 0 aliphatic carbocycles. The van der Waals surface area contributed by atoms with Crippen molar-refractivity contribution in [3.63, 3.8) is 0 Å². The zero-order valence-electron chi connectivity index (χ0n) is 9.96. The first-order chi connectivity index (χ1) is 9.08. The second-order valence-electron chi connectivity index (χ2n) is 4.07. The van der Waals surface area contributed by atoms with E-state index in [1.54, 1.807) is 24.4 Å². The topological polar surface area (TPSA) is 115 Å². The van der Waals surface area contributed by atoms with E-state index in [-0.39, 0.29) is 18.9 Å². The van der Waals surface area contributed by atoms with Crippen LogP contribution in [0.1, 0.15) is 16.8 Å². The van der Waals surface area contributed by atoms with E-state index in [4.69, 9.17) is 10.2 Å². The normalized spacial score (nSPS) is 12.3. The summed E-state index contributed by atoms with van der Waals surface area (Å²) in [6.07, 6.45) is 0.156. The van der Waals surface area contributed by atoms with Gasteiger partial charge in [-0.2, -0.15) is 5.10 Å². The molecule has 0 saturated carbocycles. The van der Waals surface area contributed by atoms with E-state index in [1.165, 1.54) is 0 Å². The number of aromatic nitrogens is 2. The smallest absolute Gasteiger partial charge is 0.332 e. The number of carboxylic acid groups (broad SMARTS) is 1. The van der Waals surface area contributed by atoms with Gasteiger partial charge in [-0.05, 0) is 12.1 Å². The Labute approximate surface area is 108 Å². The number of carbonyl (C=O) groups is 2. The number of aliphatic carboxylic acids is 1. The molecule has 1 aromatic carbocycles. The Morgan fingerprint density at radius 2 is 2.21 bits per heavy atom. The molecule has 0 spiro atoms. The van der Waals surface area contributed by atoms with Gasteiger partial charge in [0, 0.05) is 23.9 Å². The van der Waals surface area contributed by atoms with Crippen molar-refractivity contribution < 1.29 is 19.8 Å². The first-order valence-electron chi connectivity index (χ1n) is 5.70. The number of nitrogens with zero attached hydrogens (tertiary/aromatic N) is 1. The van der Waals surface area contributed by atoms with Crippen LogP contribution in [0.2, 0.25) is 0 Å². The van der Waals surface area contributed by atoms with Gasteiger partial charge in [0.2, 0.25) is 0 Å². The highest BCUT2D eigenvalue weighted by Gasteiger charge is 2.13. The monoisotopic (exact) mass is 263 g/mol. The van der Waals surface area contributed by atoms with Crippen molar-refractivity contribution in [2.24, 2.45) is 0 Å². The summed E-state index contributed by atoms with van der Waals surface area (Å²) in [6, 6.07) is 5.08. The van der Waals surface area contributed by atoms with Crippen LogP contribution in [0.25, 0.3) is 10.9 Å². The number of nitrogens with one attached hydrogen (secondary N) is 2. The fourth-order valence-electron chi connectivity index (χ4n) is 1.63. The lowest BCUT2D eigenvalue weighted by atomic mass is 10.1. The molecule has 100 valence electrons. The molecule has 2 rings (SSSR count). The largest absolute Gasteiger partial charge is 0.479 e. The number of hydrogen-bond acceptors (Lipinski definition) is 4. The van der Waals surface area contributed by atoms with Gasteiger partial charge in [0.1, 0.15) is 0 Å². The molecule has 1 amide bonds. The minimum atomic E-state index is -1.46. The van der Waals surface area contributed by atoms with Crippen molar-refractivity contribution >= 4 is 22.8 Å². The Hall–Kier alpha value is -2.41. The van der Waals surface area contributed by atoms with E-state index in [2.05, 4.69) is 15.5 Å². The maximum absolute atomic E-state index is 11.8. The molecular formula is C12H13N3O4. The lowest BCUT2D eigenvalue weighted by Crippen LogP contribution is -2.30. The number of carbonyl (C=O) groups excluding carboxylic acids is 1. The van der Waals surface area contributed by atoms with Crippen LogP contribution in [0.4, 0.5) is 0 Å². The number of amides is 1. The molecule has 1 unspecified atom stereocenters. The minimum Gasteiger partial charge on any atom is -0.479 e. The van der Waals surface area contributed by atoms with Gasteiger partial charge in [0.25, 0.3) is 5.91 Å². The molecule has 0 radical (unpaired) electrons. The molecule has 19 heavy (non-hydrogen) atoms. The molecule has 7 nitrogen and oxygen atoms in total. The predicted molar refractivity (Wildman–Crippen MR) is 66.7 cm³/mol. The Balaban J connectivity index is 1.94. The fourth-order valence-corrected chi connectivity index (χ4v) is 1.63. The van der Waals surface area contributed by atoms with Crippen LogP contribution in [-0.4, -0.2) is 44.9 Å². The SMILES string of the molecule is O=C(NCCC(O)C(=O)O)c1ccc2cn[nH]c2c1. The number of benzene rings is 1. The quantitative estimate of drug-likeness (QED) is 0.612. The molecule has 0 aliphatic heterocycles. The summed E-state index contributed by atoms with van der Waals surface area (Å²) in [6.45, 7) is 0.0906. The molecule has 7 heteroatoms. The summed E-state index contributed by atoms with van der Waals surface area (Å²) in [7, 11) is 0. The van der Waals surface area contributed by atoms with Gasteiger partial charge in [0.05, 0.1) is 11.7 Å². The maximum atomic E-state index is 11.8. The lowest BCUT2D eigenvalue weighted by Gasteiger charge is -2.07. The molecule has 1 aromatic heterocycles. The van der Waals surface area contributed by atoms with Crippen LogP contribution in [0.15, 0.2) is 24.4 Å². The van der Waals surface area contributed by atoms with E-state index in [1.807, 2.05) is 0 Å². The lowest BCUT2D eigenvalue weighted by molar-refractivity contribution is -0.146. The fraction of sp³-hybridized carbons (Fsp3) is 0.250. The van der Waals surface area contributed by atoms with Crippen molar-refractivity contribution in [1.29, 1.82) is 0 Å². The van der Waals surface area contributed by atoms with Gasteiger partial charge >= 0.3 is 5.97 Å². The molecule has 2 aromatic rings. The third-order valence-electron chi connectivity index (χ3n) is 2.69. The molecule has 0 fully saturated rings. The number of aliphatic hydroxyl groups excluding tert-OH is 1. The maximum Gasteiger partial charge on any atom is 0.332 e. The van der Waals surface area contributed by atoms with Gasteiger partial charge in [-0.3, -0.25) is 9.89 Å². The number of hydrogen-bond donors (Lipinski definition) is 4. The Morgan fingerprint density at radius 3 is 2.95 bits per heavy atom. The Bertz CT molecular complexity index is 608. The Morgan fingerprint density at radius 1 is 1.42 bits per heavy atom. The number of fused-ring (bicyclic) bond motifs is 1. The van der Waals surface area contributed by atoms with E-state index in [9.17, 15) is 9.59 Å². The third-order valence-corrected chi connectivity index (χ3v) is 2.69. The zero-order valence-corrected chi connectivity index (χ0v) is 9.96. The highest BCUT2D eigenvalue weighted by molar-refractivity contribution is 5.97. The summed E-state index contributed by atoms with van der Waals surface area (Å²) in [5.41, 5.74) is 1.19. The number of aliphatic hydroxyl groups is 1. The van der Waals surface area contributed by atoms with Crippen LogP contribution < -0.4 is 5.32 Å². The van der Waals surface area contributed by atoms with Crippen molar-refractivity contribution in [2.45, 2.75) is 12.5 Å². The van der Waals surface area contributed by atoms with E-state index >= 15 is 0 Å². The zero-order chi connectivity index (χ0) is 13.8. The van der Waals surface area contributed by atoms with E-state index in [0.29, 0.717) is 5.56 Å². The molecule has 1 atom stereocenters. The number of aromatic amines is 1. The minimum absolute atomic E-state index is 0.0344. The molecule has 0 aliphatic rings. The van der Waals surface area contributed by atoms with Gasteiger partial charge in [0.15, 0.2) is 6.10 Å². The van der Waals surface area contributed by atoms with Crippen LogP contribution in [-0.2, 0) is 4.79 Å².